The van der Waals surface area contributed by atoms with E-state index in [1.807, 2.05) is 6.07 Å². The maximum atomic E-state index is 6.26. The van der Waals surface area contributed by atoms with Gasteiger partial charge in [-0.3, -0.25) is 4.90 Å². The van der Waals surface area contributed by atoms with Gasteiger partial charge in [0.15, 0.2) is 0 Å². The maximum absolute atomic E-state index is 6.26. The second kappa shape index (κ2) is 6.35. The van der Waals surface area contributed by atoms with E-state index in [-0.39, 0.29) is 18.2 Å². The van der Waals surface area contributed by atoms with Crippen molar-refractivity contribution >= 4 is 15.9 Å². The Labute approximate surface area is 124 Å². The number of halogens is 1. The van der Waals surface area contributed by atoms with Crippen molar-refractivity contribution in [2.45, 2.75) is 45.0 Å². The van der Waals surface area contributed by atoms with Crippen molar-refractivity contribution in [2.75, 3.05) is 13.2 Å². The molecule has 0 bridgehead atoms. The van der Waals surface area contributed by atoms with Crippen molar-refractivity contribution in [3.8, 4) is 0 Å². The largest absolute Gasteiger partial charge is 0.376 e. The molecule has 0 aliphatic carbocycles. The van der Waals surface area contributed by atoms with Gasteiger partial charge in [0.1, 0.15) is 0 Å². The zero-order chi connectivity index (χ0) is 14.0. The fraction of sp³-hybridized carbons (Fsp3) is 0.600. The van der Waals surface area contributed by atoms with Crippen LogP contribution in [0.5, 0.6) is 0 Å². The molecule has 1 aliphatic rings. The minimum absolute atomic E-state index is 0.0852. The van der Waals surface area contributed by atoms with Crippen LogP contribution >= 0.6 is 15.9 Å². The lowest BCUT2D eigenvalue weighted by Gasteiger charge is -2.43. The Morgan fingerprint density at radius 2 is 2.16 bits per heavy atom. The van der Waals surface area contributed by atoms with Gasteiger partial charge in [-0.1, -0.05) is 28.1 Å². The van der Waals surface area contributed by atoms with Gasteiger partial charge in [-0.2, -0.15) is 0 Å². The molecule has 1 fully saturated rings. The van der Waals surface area contributed by atoms with Crippen molar-refractivity contribution < 1.29 is 4.74 Å². The van der Waals surface area contributed by atoms with Crippen molar-refractivity contribution in [1.82, 2.24) is 4.90 Å². The predicted molar refractivity (Wildman–Crippen MR) is 82.1 cm³/mol. The molecule has 0 saturated carbocycles. The first-order valence-corrected chi connectivity index (χ1v) is 7.66. The highest BCUT2D eigenvalue weighted by molar-refractivity contribution is 9.10. The van der Waals surface area contributed by atoms with Crippen LogP contribution in [0.1, 0.15) is 32.4 Å². The van der Waals surface area contributed by atoms with Crippen molar-refractivity contribution in [1.29, 1.82) is 0 Å². The molecule has 4 heteroatoms. The van der Waals surface area contributed by atoms with Crippen LogP contribution in [-0.4, -0.2) is 36.2 Å². The molecule has 3 nitrogen and oxygen atoms in total. The summed E-state index contributed by atoms with van der Waals surface area (Å²) in [5, 5.41) is 0. The molecule has 19 heavy (non-hydrogen) atoms. The lowest BCUT2D eigenvalue weighted by molar-refractivity contribution is -0.0697. The number of hydrogen-bond donors (Lipinski definition) is 1. The lowest BCUT2D eigenvalue weighted by Crippen LogP contribution is -2.52. The normalized spacial score (nSPS) is 28.1. The van der Waals surface area contributed by atoms with Gasteiger partial charge in [-0.05, 0) is 38.5 Å². The van der Waals surface area contributed by atoms with E-state index >= 15 is 0 Å². The number of morpholine rings is 1. The molecule has 1 aromatic rings. The van der Waals surface area contributed by atoms with E-state index in [9.17, 15) is 0 Å². The molecule has 1 aromatic carbocycles. The molecular formula is C15H23BrN2O. The average Bonchev–Trinajstić information content (AvgIpc) is 2.33. The topological polar surface area (TPSA) is 38.5 Å². The highest BCUT2D eigenvalue weighted by Gasteiger charge is 2.32. The Kier molecular flexibility index (Phi) is 5.01. The number of nitrogens with two attached hydrogens (primary N) is 1. The van der Waals surface area contributed by atoms with E-state index in [2.05, 4.69) is 59.8 Å². The second-order valence-corrected chi connectivity index (χ2v) is 6.46. The molecule has 4 atom stereocenters. The summed E-state index contributed by atoms with van der Waals surface area (Å²) in [7, 11) is 0. The minimum atomic E-state index is 0.0852. The first-order chi connectivity index (χ1) is 8.99. The first kappa shape index (κ1) is 15.0. The van der Waals surface area contributed by atoms with Crippen LogP contribution < -0.4 is 5.73 Å². The van der Waals surface area contributed by atoms with E-state index in [0.717, 1.165) is 17.6 Å². The summed E-state index contributed by atoms with van der Waals surface area (Å²) < 4.78 is 6.82. The van der Waals surface area contributed by atoms with Crippen molar-refractivity contribution in [3.63, 3.8) is 0 Å². The standard InChI is InChI=1S/C15H23BrN2O/c1-10-9-19-11(2)8-18(10)15(12(3)17)13-5-4-6-14(16)7-13/h4-7,10-12,15H,8-9,17H2,1-3H3. The van der Waals surface area contributed by atoms with Crippen LogP contribution in [0.15, 0.2) is 28.7 Å². The van der Waals surface area contributed by atoms with Crippen LogP contribution in [0, 0.1) is 0 Å². The minimum Gasteiger partial charge on any atom is -0.376 e. The molecule has 2 rings (SSSR count). The van der Waals surface area contributed by atoms with E-state index < -0.39 is 0 Å². The SMILES string of the molecule is CC1CN(C(c2cccc(Br)c2)C(C)N)C(C)CO1. The smallest absolute Gasteiger partial charge is 0.0675 e. The highest BCUT2D eigenvalue weighted by Crippen LogP contribution is 2.30. The number of benzene rings is 1. The Morgan fingerprint density at radius 3 is 2.79 bits per heavy atom. The zero-order valence-electron chi connectivity index (χ0n) is 11.8. The summed E-state index contributed by atoms with van der Waals surface area (Å²) in [5.41, 5.74) is 7.53. The van der Waals surface area contributed by atoms with Gasteiger partial charge in [0, 0.05) is 23.1 Å². The van der Waals surface area contributed by atoms with E-state index in [1.165, 1.54) is 5.56 Å². The summed E-state index contributed by atoms with van der Waals surface area (Å²) in [5.74, 6) is 0. The Bertz CT molecular complexity index is 424. The molecule has 4 unspecified atom stereocenters. The number of hydrogen-bond acceptors (Lipinski definition) is 3. The van der Waals surface area contributed by atoms with Gasteiger partial charge < -0.3 is 10.5 Å². The quantitative estimate of drug-likeness (QED) is 0.928. The molecule has 106 valence electrons. The maximum Gasteiger partial charge on any atom is 0.0675 e. The van der Waals surface area contributed by atoms with Crippen molar-refractivity contribution in [2.24, 2.45) is 5.73 Å². The monoisotopic (exact) mass is 326 g/mol. The van der Waals surface area contributed by atoms with Gasteiger partial charge in [-0.25, -0.2) is 0 Å². The molecule has 1 saturated heterocycles. The number of nitrogens with zero attached hydrogens (tertiary/aromatic N) is 1. The summed E-state index contributed by atoms with van der Waals surface area (Å²) in [6, 6.07) is 9.16. The lowest BCUT2D eigenvalue weighted by atomic mass is 9.96. The van der Waals surface area contributed by atoms with Gasteiger partial charge in [0.25, 0.3) is 0 Å². The van der Waals surface area contributed by atoms with E-state index in [1.54, 1.807) is 0 Å². The predicted octanol–water partition coefficient (Wildman–Crippen LogP) is 2.95. The van der Waals surface area contributed by atoms with E-state index in [0.29, 0.717) is 6.04 Å². The van der Waals surface area contributed by atoms with Crippen LogP contribution in [0.2, 0.25) is 0 Å². The summed E-state index contributed by atoms with van der Waals surface area (Å²) in [6.07, 6.45) is 0.268. The molecular weight excluding hydrogens is 304 g/mol. The third kappa shape index (κ3) is 3.57. The van der Waals surface area contributed by atoms with E-state index in [4.69, 9.17) is 10.5 Å². The molecule has 0 aromatic heterocycles. The second-order valence-electron chi connectivity index (χ2n) is 5.55. The molecule has 1 heterocycles. The Hall–Kier alpha value is -0.420. The summed E-state index contributed by atoms with van der Waals surface area (Å²) >= 11 is 3.55. The average molecular weight is 327 g/mol. The fourth-order valence-corrected chi connectivity index (χ4v) is 3.22. The van der Waals surface area contributed by atoms with Crippen LogP contribution in [0.3, 0.4) is 0 Å². The summed E-state index contributed by atoms with van der Waals surface area (Å²) in [6.45, 7) is 8.12. The molecule has 2 N–H and O–H groups in total. The molecule has 1 aliphatic heterocycles. The first-order valence-electron chi connectivity index (χ1n) is 6.87. The number of ether oxygens (including phenoxy) is 1. The zero-order valence-corrected chi connectivity index (χ0v) is 13.4. The Balaban J connectivity index is 2.29. The third-order valence-electron chi connectivity index (χ3n) is 3.70. The van der Waals surface area contributed by atoms with Crippen LogP contribution in [0.25, 0.3) is 0 Å². The third-order valence-corrected chi connectivity index (χ3v) is 4.19. The Morgan fingerprint density at radius 1 is 1.42 bits per heavy atom. The molecule has 0 radical (unpaired) electrons. The number of rotatable bonds is 3. The van der Waals surface area contributed by atoms with Crippen LogP contribution in [0.4, 0.5) is 0 Å². The highest BCUT2D eigenvalue weighted by atomic mass is 79.9. The van der Waals surface area contributed by atoms with Crippen molar-refractivity contribution in [3.05, 3.63) is 34.3 Å². The van der Waals surface area contributed by atoms with Gasteiger partial charge in [0.05, 0.1) is 18.8 Å². The fourth-order valence-electron chi connectivity index (χ4n) is 2.80. The van der Waals surface area contributed by atoms with Gasteiger partial charge in [0.2, 0.25) is 0 Å². The van der Waals surface area contributed by atoms with Gasteiger partial charge in [-0.15, -0.1) is 0 Å². The van der Waals surface area contributed by atoms with Gasteiger partial charge >= 0.3 is 0 Å². The van der Waals surface area contributed by atoms with Crippen LogP contribution in [-0.2, 0) is 4.74 Å². The summed E-state index contributed by atoms with van der Waals surface area (Å²) in [4.78, 5) is 2.47. The molecule has 0 amide bonds. The molecule has 0 spiro atoms.